The van der Waals surface area contributed by atoms with Crippen molar-refractivity contribution >= 4 is 15.9 Å². The Kier molecular flexibility index (Phi) is 4.71. The third kappa shape index (κ3) is 3.90. The Morgan fingerprint density at radius 3 is 2.40 bits per heavy atom. The fourth-order valence-corrected chi connectivity index (χ4v) is 1.56. The van der Waals surface area contributed by atoms with E-state index in [0.717, 1.165) is 18.4 Å². The summed E-state index contributed by atoms with van der Waals surface area (Å²) in [5, 5.41) is 0. The second kappa shape index (κ2) is 5.59. The largest absolute Gasteiger partial charge is 0.204 e. The van der Waals surface area contributed by atoms with Gasteiger partial charge in [-0.25, -0.2) is 8.78 Å². The lowest BCUT2D eigenvalue weighted by molar-refractivity contribution is 0.506. The summed E-state index contributed by atoms with van der Waals surface area (Å²) in [5.41, 5.74) is 0.846. The lowest BCUT2D eigenvalue weighted by Gasteiger charge is -2.13. The van der Waals surface area contributed by atoms with Gasteiger partial charge in [0.2, 0.25) is 0 Å². The summed E-state index contributed by atoms with van der Waals surface area (Å²) in [6.45, 7) is 4.26. The van der Waals surface area contributed by atoms with E-state index in [1.54, 1.807) is 6.07 Å². The van der Waals surface area contributed by atoms with Crippen LogP contribution < -0.4 is 0 Å². The highest BCUT2D eigenvalue weighted by Gasteiger charge is 2.09. The Hall–Kier alpha value is -0.440. The Morgan fingerprint density at radius 2 is 1.87 bits per heavy atom. The molecule has 0 saturated heterocycles. The van der Waals surface area contributed by atoms with Crippen LogP contribution in [-0.2, 0) is 6.42 Å². The quantitative estimate of drug-likeness (QED) is 0.719. The zero-order valence-electron chi connectivity index (χ0n) is 8.93. The number of rotatable bonds is 4. The van der Waals surface area contributed by atoms with Gasteiger partial charge in [-0.2, -0.15) is 0 Å². The van der Waals surface area contributed by atoms with Crippen LogP contribution >= 0.6 is 15.9 Å². The smallest absolute Gasteiger partial charge is 0.159 e. The first-order chi connectivity index (χ1) is 7.00. The molecule has 1 aromatic carbocycles. The van der Waals surface area contributed by atoms with Crippen molar-refractivity contribution in [2.45, 2.75) is 31.5 Å². The van der Waals surface area contributed by atoms with Crippen LogP contribution in [0.15, 0.2) is 18.2 Å². The molecule has 1 rings (SSSR count). The van der Waals surface area contributed by atoms with E-state index in [1.807, 2.05) is 0 Å². The summed E-state index contributed by atoms with van der Waals surface area (Å²) in [7, 11) is 0. The zero-order chi connectivity index (χ0) is 11.4. The molecule has 15 heavy (non-hydrogen) atoms. The third-order valence-corrected chi connectivity index (χ3v) is 3.93. The van der Waals surface area contributed by atoms with Gasteiger partial charge in [-0.1, -0.05) is 35.8 Å². The maximum absolute atomic E-state index is 12.9. The van der Waals surface area contributed by atoms with Crippen LogP contribution in [0, 0.1) is 17.6 Å². The van der Waals surface area contributed by atoms with E-state index in [4.69, 9.17) is 0 Å². The Labute approximate surface area is 97.8 Å². The SMILES string of the molecule is CC(C)C(Br)CCc1ccc(F)c(F)c1. The summed E-state index contributed by atoms with van der Waals surface area (Å²) in [6.07, 6.45) is 1.70. The van der Waals surface area contributed by atoms with E-state index in [2.05, 4.69) is 29.8 Å². The number of alkyl halides is 1. The Bertz CT molecular complexity index is 323. The van der Waals surface area contributed by atoms with E-state index in [9.17, 15) is 8.78 Å². The first-order valence-corrected chi connectivity index (χ1v) is 6.00. The summed E-state index contributed by atoms with van der Waals surface area (Å²) >= 11 is 3.56. The topological polar surface area (TPSA) is 0 Å². The highest BCUT2D eigenvalue weighted by Crippen LogP contribution is 2.19. The average Bonchev–Trinajstić information content (AvgIpc) is 2.19. The molecule has 0 nitrogen and oxygen atoms in total. The molecule has 1 aromatic rings. The first kappa shape index (κ1) is 12.6. The van der Waals surface area contributed by atoms with Crippen molar-refractivity contribution in [2.24, 2.45) is 5.92 Å². The second-order valence-corrected chi connectivity index (χ2v) is 5.22. The van der Waals surface area contributed by atoms with Crippen molar-refractivity contribution in [2.75, 3.05) is 0 Å². The van der Waals surface area contributed by atoms with Gasteiger partial charge in [0.15, 0.2) is 11.6 Å². The summed E-state index contributed by atoms with van der Waals surface area (Å²) in [6, 6.07) is 4.09. The van der Waals surface area contributed by atoms with Gasteiger partial charge < -0.3 is 0 Å². The van der Waals surface area contributed by atoms with Crippen LogP contribution in [0.5, 0.6) is 0 Å². The molecule has 1 unspecified atom stereocenters. The van der Waals surface area contributed by atoms with E-state index in [1.165, 1.54) is 12.1 Å². The molecule has 0 aliphatic rings. The van der Waals surface area contributed by atoms with Crippen molar-refractivity contribution < 1.29 is 8.78 Å². The number of benzene rings is 1. The molecule has 0 aromatic heterocycles. The minimum atomic E-state index is -0.780. The maximum Gasteiger partial charge on any atom is 0.159 e. The number of hydrogen-bond donors (Lipinski definition) is 0. The summed E-state index contributed by atoms with van der Waals surface area (Å²) < 4.78 is 25.5. The molecule has 0 bridgehead atoms. The molecule has 0 radical (unpaired) electrons. The predicted octanol–water partition coefficient (Wildman–Crippen LogP) is 4.32. The van der Waals surface area contributed by atoms with Crippen molar-refractivity contribution in [3.63, 3.8) is 0 Å². The molecule has 0 N–H and O–H groups in total. The van der Waals surface area contributed by atoms with Gasteiger partial charge in [-0.3, -0.25) is 0 Å². The fourth-order valence-electron chi connectivity index (χ4n) is 1.33. The molecule has 1 atom stereocenters. The molecule has 0 aliphatic carbocycles. The maximum atomic E-state index is 12.9. The first-order valence-electron chi connectivity index (χ1n) is 5.08. The lowest BCUT2D eigenvalue weighted by atomic mass is 10.0. The standard InChI is InChI=1S/C12H15BrF2/c1-8(2)10(13)5-3-9-4-6-11(14)12(15)7-9/h4,6-8,10H,3,5H2,1-2H3. The van der Waals surface area contributed by atoms with E-state index < -0.39 is 11.6 Å². The highest BCUT2D eigenvalue weighted by molar-refractivity contribution is 9.09. The minimum Gasteiger partial charge on any atom is -0.204 e. The van der Waals surface area contributed by atoms with Crippen LogP contribution in [0.4, 0.5) is 8.78 Å². The normalized spacial score (nSPS) is 13.2. The van der Waals surface area contributed by atoms with Gasteiger partial charge in [-0.05, 0) is 36.5 Å². The van der Waals surface area contributed by atoms with Crippen LogP contribution in [0.25, 0.3) is 0 Å². The van der Waals surface area contributed by atoms with Gasteiger partial charge in [0.05, 0.1) is 0 Å². The van der Waals surface area contributed by atoms with Crippen molar-refractivity contribution in [1.29, 1.82) is 0 Å². The minimum absolute atomic E-state index is 0.422. The summed E-state index contributed by atoms with van der Waals surface area (Å²) in [5.74, 6) is -0.989. The van der Waals surface area contributed by atoms with Crippen LogP contribution in [0.2, 0.25) is 0 Å². The average molecular weight is 277 g/mol. The van der Waals surface area contributed by atoms with Crippen LogP contribution in [0.3, 0.4) is 0 Å². The molecule has 3 heteroatoms. The predicted molar refractivity (Wildman–Crippen MR) is 62.2 cm³/mol. The fraction of sp³-hybridized carbons (Fsp3) is 0.500. The van der Waals surface area contributed by atoms with Crippen LogP contribution in [-0.4, -0.2) is 4.83 Å². The lowest BCUT2D eigenvalue weighted by Crippen LogP contribution is -2.08. The highest BCUT2D eigenvalue weighted by atomic mass is 79.9. The van der Waals surface area contributed by atoms with Crippen LogP contribution in [0.1, 0.15) is 25.8 Å². The van der Waals surface area contributed by atoms with Gasteiger partial charge in [0, 0.05) is 4.83 Å². The number of hydrogen-bond acceptors (Lipinski definition) is 0. The van der Waals surface area contributed by atoms with Gasteiger partial charge in [-0.15, -0.1) is 0 Å². The molecular weight excluding hydrogens is 262 g/mol. The van der Waals surface area contributed by atoms with Crippen molar-refractivity contribution in [3.05, 3.63) is 35.4 Å². The molecule has 84 valence electrons. The molecule has 0 amide bonds. The zero-order valence-corrected chi connectivity index (χ0v) is 10.5. The molecule has 0 heterocycles. The molecule has 0 aliphatic heterocycles. The summed E-state index contributed by atoms with van der Waals surface area (Å²) in [4.78, 5) is 0.422. The molecule has 0 spiro atoms. The molecular formula is C12H15BrF2. The van der Waals surface area contributed by atoms with Gasteiger partial charge in [0.1, 0.15) is 0 Å². The van der Waals surface area contributed by atoms with E-state index in [0.29, 0.717) is 10.7 Å². The monoisotopic (exact) mass is 276 g/mol. The second-order valence-electron chi connectivity index (χ2n) is 4.05. The molecule has 0 saturated carbocycles. The van der Waals surface area contributed by atoms with Gasteiger partial charge >= 0.3 is 0 Å². The number of aryl methyl sites for hydroxylation is 1. The molecule has 0 fully saturated rings. The van der Waals surface area contributed by atoms with Gasteiger partial charge in [0.25, 0.3) is 0 Å². The third-order valence-electron chi connectivity index (χ3n) is 2.42. The van der Waals surface area contributed by atoms with Crippen molar-refractivity contribution in [3.8, 4) is 0 Å². The Balaban J connectivity index is 2.55. The Morgan fingerprint density at radius 1 is 1.20 bits per heavy atom. The van der Waals surface area contributed by atoms with E-state index >= 15 is 0 Å². The van der Waals surface area contributed by atoms with Crippen molar-refractivity contribution in [1.82, 2.24) is 0 Å². The van der Waals surface area contributed by atoms with E-state index in [-0.39, 0.29) is 0 Å². The number of halogens is 3.